The van der Waals surface area contributed by atoms with Gasteiger partial charge in [-0.1, -0.05) is 36.4 Å². The fraction of sp³-hybridized carbons (Fsp3) is 0.385. The van der Waals surface area contributed by atoms with Crippen molar-refractivity contribution in [3.8, 4) is 0 Å². The number of aromatic nitrogens is 1. The van der Waals surface area contributed by atoms with Crippen LogP contribution in [-0.2, 0) is 4.74 Å². The molecule has 1 aliphatic rings. The number of para-hydroxylation sites is 1. The SMILES string of the molecule is C[C@H](c1c[nH]c(=O)c2ccccc12)N(C[C@H]1CCC(C)(C)OC1)C(=O)Nc1ccccc1. The monoisotopic (exact) mass is 433 g/mol. The highest BCUT2D eigenvalue weighted by molar-refractivity contribution is 5.90. The molecule has 0 bridgehead atoms. The van der Waals surface area contributed by atoms with Crippen LogP contribution < -0.4 is 10.9 Å². The van der Waals surface area contributed by atoms with Gasteiger partial charge >= 0.3 is 6.03 Å². The Labute approximate surface area is 188 Å². The zero-order chi connectivity index (χ0) is 22.7. The zero-order valence-electron chi connectivity index (χ0n) is 18.9. The summed E-state index contributed by atoms with van der Waals surface area (Å²) in [5, 5.41) is 4.52. The number of carbonyl (C=O) groups is 1. The molecule has 3 aromatic rings. The lowest BCUT2D eigenvalue weighted by Crippen LogP contribution is -2.44. The van der Waals surface area contributed by atoms with Crippen LogP contribution in [0.3, 0.4) is 0 Å². The maximum absolute atomic E-state index is 13.4. The first-order valence-corrected chi connectivity index (χ1v) is 11.2. The van der Waals surface area contributed by atoms with E-state index < -0.39 is 0 Å². The van der Waals surface area contributed by atoms with Crippen LogP contribution in [0.5, 0.6) is 0 Å². The third kappa shape index (κ3) is 4.86. The summed E-state index contributed by atoms with van der Waals surface area (Å²) in [4.78, 5) is 30.4. The summed E-state index contributed by atoms with van der Waals surface area (Å²) in [5.41, 5.74) is 1.43. The molecule has 168 valence electrons. The van der Waals surface area contributed by atoms with Crippen molar-refractivity contribution < 1.29 is 9.53 Å². The Bertz CT molecular complexity index is 1130. The van der Waals surface area contributed by atoms with Gasteiger partial charge in [0.15, 0.2) is 0 Å². The fourth-order valence-corrected chi connectivity index (χ4v) is 4.35. The summed E-state index contributed by atoms with van der Waals surface area (Å²) in [6.45, 7) is 7.43. The second-order valence-electron chi connectivity index (χ2n) is 9.22. The Balaban J connectivity index is 1.64. The molecule has 2 heterocycles. The van der Waals surface area contributed by atoms with Crippen molar-refractivity contribution in [2.75, 3.05) is 18.5 Å². The van der Waals surface area contributed by atoms with Crippen molar-refractivity contribution >= 4 is 22.5 Å². The predicted octanol–water partition coefficient (Wildman–Crippen LogP) is 5.33. The summed E-state index contributed by atoms with van der Waals surface area (Å²) in [6.07, 6.45) is 3.70. The number of urea groups is 1. The lowest BCUT2D eigenvalue weighted by molar-refractivity contribution is -0.0805. The van der Waals surface area contributed by atoms with Crippen LogP contribution >= 0.6 is 0 Å². The van der Waals surface area contributed by atoms with Crippen LogP contribution in [0, 0.1) is 5.92 Å². The number of benzene rings is 2. The Morgan fingerprint density at radius 1 is 1.16 bits per heavy atom. The van der Waals surface area contributed by atoms with Gasteiger partial charge in [-0.25, -0.2) is 4.79 Å². The second-order valence-corrected chi connectivity index (χ2v) is 9.22. The molecule has 4 rings (SSSR count). The smallest absolute Gasteiger partial charge is 0.322 e. The molecule has 2 amide bonds. The average Bonchev–Trinajstić information content (AvgIpc) is 2.79. The molecule has 1 saturated heterocycles. The number of carbonyl (C=O) groups excluding carboxylic acids is 1. The first kappa shape index (κ1) is 22.1. The Morgan fingerprint density at radius 2 is 1.84 bits per heavy atom. The van der Waals surface area contributed by atoms with E-state index >= 15 is 0 Å². The lowest BCUT2D eigenvalue weighted by atomic mass is 9.90. The minimum Gasteiger partial charge on any atom is -0.375 e. The third-order valence-electron chi connectivity index (χ3n) is 6.36. The van der Waals surface area contributed by atoms with Gasteiger partial charge in [-0.2, -0.15) is 0 Å². The van der Waals surface area contributed by atoms with E-state index in [2.05, 4.69) is 24.1 Å². The van der Waals surface area contributed by atoms with Gasteiger partial charge in [0.05, 0.1) is 18.2 Å². The molecular weight excluding hydrogens is 402 g/mol. The van der Waals surface area contributed by atoms with E-state index in [9.17, 15) is 9.59 Å². The molecule has 32 heavy (non-hydrogen) atoms. The van der Waals surface area contributed by atoms with Gasteiger partial charge in [0, 0.05) is 29.7 Å². The van der Waals surface area contributed by atoms with E-state index in [1.165, 1.54) is 0 Å². The highest BCUT2D eigenvalue weighted by atomic mass is 16.5. The van der Waals surface area contributed by atoms with Crippen LogP contribution in [-0.4, -0.2) is 34.7 Å². The largest absolute Gasteiger partial charge is 0.375 e. The molecule has 2 N–H and O–H groups in total. The minimum atomic E-state index is -0.240. The van der Waals surface area contributed by atoms with Gasteiger partial charge < -0.3 is 19.9 Å². The van der Waals surface area contributed by atoms with E-state index in [0.717, 1.165) is 29.5 Å². The molecule has 2 atom stereocenters. The predicted molar refractivity (Wildman–Crippen MR) is 128 cm³/mol. The first-order valence-electron chi connectivity index (χ1n) is 11.2. The fourth-order valence-electron chi connectivity index (χ4n) is 4.35. The summed E-state index contributed by atoms with van der Waals surface area (Å²) in [5.74, 6) is 0.251. The van der Waals surface area contributed by atoms with Crippen molar-refractivity contribution in [2.24, 2.45) is 5.92 Å². The normalized spacial score (nSPS) is 18.8. The van der Waals surface area contributed by atoms with Crippen LogP contribution in [0.1, 0.15) is 45.2 Å². The molecule has 6 heteroatoms. The topological polar surface area (TPSA) is 74.4 Å². The highest BCUT2D eigenvalue weighted by Crippen LogP contribution is 2.32. The number of H-pyrrole nitrogens is 1. The number of nitrogens with one attached hydrogen (secondary N) is 2. The van der Waals surface area contributed by atoms with Crippen molar-refractivity contribution in [1.29, 1.82) is 0 Å². The average molecular weight is 434 g/mol. The standard InChI is InChI=1S/C26H31N3O3/c1-18(23-15-27-24(30)22-12-8-7-11-21(22)23)29(16-19-13-14-26(2,3)32-17-19)25(31)28-20-9-5-4-6-10-20/h4-12,15,18-19H,13-14,16-17H2,1-3H3,(H,27,30)(H,28,31)/t18-,19-/m1/s1. The van der Waals surface area contributed by atoms with E-state index in [0.29, 0.717) is 18.5 Å². The number of hydrogen-bond acceptors (Lipinski definition) is 3. The summed E-state index contributed by atoms with van der Waals surface area (Å²) >= 11 is 0. The molecule has 0 spiro atoms. The summed E-state index contributed by atoms with van der Waals surface area (Å²) in [7, 11) is 0. The van der Waals surface area contributed by atoms with E-state index in [-0.39, 0.29) is 29.2 Å². The molecule has 0 saturated carbocycles. The molecule has 0 radical (unpaired) electrons. The van der Waals surface area contributed by atoms with Crippen molar-refractivity contribution in [2.45, 2.75) is 45.3 Å². The quantitative estimate of drug-likeness (QED) is 0.571. The molecule has 1 aliphatic heterocycles. The van der Waals surface area contributed by atoms with Gasteiger partial charge in [0.1, 0.15) is 0 Å². The van der Waals surface area contributed by atoms with Crippen molar-refractivity contribution in [3.05, 3.63) is 76.7 Å². The number of pyridine rings is 1. The molecule has 1 aromatic heterocycles. The molecule has 2 aromatic carbocycles. The highest BCUT2D eigenvalue weighted by Gasteiger charge is 2.32. The maximum atomic E-state index is 13.4. The molecular formula is C26H31N3O3. The molecule has 6 nitrogen and oxygen atoms in total. The Hall–Kier alpha value is -3.12. The van der Waals surface area contributed by atoms with Gasteiger partial charge in [-0.3, -0.25) is 4.79 Å². The van der Waals surface area contributed by atoms with Gasteiger partial charge in [-0.15, -0.1) is 0 Å². The van der Waals surface area contributed by atoms with Gasteiger partial charge in [0.2, 0.25) is 0 Å². The number of ether oxygens (including phenoxy) is 1. The molecule has 0 aliphatic carbocycles. The number of aromatic amines is 1. The van der Waals surface area contributed by atoms with E-state index in [1.54, 1.807) is 6.20 Å². The zero-order valence-corrected chi connectivity index (χ0v) is 18.9. The molecule has 1 fully saturated rings. The number of rotatable bonds is 5. The summed E-state index contributed by atoms with van der Waals surface area (Å²) < 4.78 is 6.04. The molecule has 0 unspecified atom stereocenters. The van der Waals surface area contributed by atoms with Crippen LogP contribution in [0.25, 0.3) is 10.8 Å². The number of anilines is 1. The van der Waals surface area contributed by atoms with Crippen LogP contribution in [0.4, 0.5) is 10.5 Å². The maximum Gasteiger partial charge on any atom is 0.322 e. The number of amides is 2. The number of hydrogen-bond donors (Lipinski definition) is 2. The summed E-state index contributed by atoms with van der Waals surface area (Å²) in [6, 6.07) is 16.6. The lowest BCUT2D eigenvalue weighted by Gasteiger charge is -2.39. The van der Waals surface area contributed by atoms with Crippen LogP contribution in [0.15, 0.2) is 65.6 Å². The second kappa shape index (κ2) is 9.17. The number of nitrogens with zero attached hydrogens (tertiary/aromatic N) is 1. The Morgan fingerprint density at radius 3 is 2.53 bits per heavy atom. The van der Waals surface area contributed by atoms with Crippen molar-refractivity contribution in [3.63, 3.8) is 0 Å². The van der Waals surface area contributed by atoms with E-state index in [1.807, 2.05) is 66.4 Å². The Kier molecular flexibility index (Phi) is 6.33. The van der Waals surface area contributed by atoms with Gasteiger partial charge in [-0.05, 0) is 62.8 Å². The number of fused-ring (bicyclic) bond motifs is 1. The van der Waals surface area contributed by atoms with Crippen LogP contribution in [0.2, 0.25) is 0 Å². The van der Waals surface area contributed by atoms with Gasteiger partial charge in [0.25, 0.3) is 5.56 Å². The first-order chi connectivity index (χ1) is 15.3. The third-order valence-corrected chi connectivity index (χ3v) is 6.36. The van der Waals surface area contributed by atoms with Crippen molar-refractivity contribution in [1.82, 2.24) is 9.88 Å². The van der Waals surface area contributed by atoms with E-state index in [4.69, 9.17) is 4.74 Å². The minimum absolute atomic E-state index is 0.117.